The van der Waals surface area contributed by atoms with Crippen LogP contribution in [-0.4, -0.2) is 38.2 Å². The SMILES string of the molecule is COc1ccc([N+](=O)[O-])cc1CSc1nc2ccc(NC(=O)CSc3nc4sc5c(c4c(=O)n3C)CCCC5)cc2s1. The van der Waals surface area contributed by atoms with Gasteiger partial charge < -0.3 is 10.1 Å². The van der Waals surface area contributed by atoms with E-state index in [-0.39, 0.29) is 22.9 Å². The van der Waals surface area contributed by atoms with E-state index in [0.717, 1.165) is 56.0 Å². The van der Waals surface area contributed by atoms with Crippen LogP contribution in [0.25, 0.3) is 20.4 Å². The number of nitro groups is 1. The van der Waals surface area contributed by atoms with Gasteiger partial charge in [-0.2, -0.15) is 0 Å². The number of hydrogen-bond acceptors (Lipinski definition) is 11. The number of methoxy groups -OCH3 is 1. The molecule has 14 heteroatoms. The Morgan fingerprint density at radius 2 is 1.98 bits per heavy atom. The molecule has 0 fully saturated rings. The minimum Gasteiger partial charge on any atom is -0.496 e. The van der Waals surface area contributed by atoms with Crippen molar-refractivity contribution in [2.75, 3.05) is 18.2 Å². The largest absolute Gasteiger partial charge is 0.496 e. The van der Waals surface area contributed by atoms with Gasteiger partial charge in [0.05, 0.1) is 33.4 Å². The number of benzene rings is 2. The van der Waals surface area contributed by atoms with E-state index in [1.54, 1.807) is 35.1 Å². The van der Waals surface area contributed by atoms with Crippen molar-refractivity contribution < 1.29 is 14.5 Å². The molecule has 1 aliphatic carbocycles. The molecule has 3 heterocycles. The second-order valence-corrected chi connectivity index (χ2v) is 14.0. The van der Waals surface area contributed by atoms with Gasteiger partial charge in [0.1, 0.15) is 10.6 Å². The lowest BCUT2D eigenvalue weighted by molar-refractivity contribution is -0.384. The average Bonchev–Trinajstić information content (AvgIpc) is 3.57. The first kappa shape index (κ1) is 28.6. The van der Waals surface area contributed by atoms with Crippen LogP contribution in [-0.2, 0) is 30.4 Å². The van der Waals surface area contributed by atoms with E-state index in [0.29, 0.717) is 27.9 Å². The van der Waals surface area contributed by atoms with E-state index in [1.165, 1.54) is 59.0 Å². The minimum absolute atomic E-state index is 0.0121. The van der Waals surface area contributed by atoms with Crippen LogP contribution in [0.4, 0.5) is 11.4 Å². The van der Waals surface area contributed by atoms with Gasteiger partial charge in [-0.1, -0.05) is 23.5 Å². The van der Waals surface area contributed by atoms with E-state index in [1.807, 2.05) is 12.1 Å². The Balaban J connectivity index is 1.11. The normalized spacial score (nSPS) is 12.9. The lowest BCUT2D eigenvalue weighted by Crippen LogP contribution is -2.21. The number of non-ortho nitro benzene ring substituents is 1. The smallest absolute Gasteiger partial charge is 0.270 e. The zero-order chi connectivity index (χ0) is 29.4. The number of nitrogens with zero attached hydrogens (tertiary/aromatic N) is 4. The van der Waals surface area contributed by atoms with Gasteiger partial charge in [-0.15, -0.1) is 22.7 Å². The van der Waals surface area contributed by atoms with E-state index in [9.17, 15) is 19.7 Å². The molecule has 3 aromatic heterocycles. The molecule has 0 spiro atoms. The highest BCUT2D eigenvalue weighted by molar-refractivity contribution is 8.00. The lowest BCUT2D eigenvalue weighted by atomic mass is 9.97. The Morgan fingerprint density at radius 1 is 1.14 bits per heavy atom. The molecule has 0 aliphatic heterocycles. The highest BCUT2D eigenvalue weighted by Crippen LogP contribution is 2.36. The molecule has 1 amide bonds. The van der Waals surface area contributed by atoms with Gasteiger partial charge in [-0.25, -0.2) is 9.97 Å². The number of thioether (sulfide) groups is 2. The van der Waals surface area contributed by atoms with Crippen molar-refractivity contribution in [2.45, 2.75) is 40.9 Å². The van der Waals surface area contributed by atoms with E-state index in [2.05, 4.69) is 10.3 Å². The third kappa shape index (κ3) is 5.76. The van der Waals surface area contributed by atoms with Crippen molar-refractivity contribution in [3.63, 3.8) is 0 Å². The maximum atomic E-state index is 13.1. The van der Waals surface area contributed by atoms with Crippen LogP contribution >= 0.6 is 46.2 Å². The third-order valence-electron chi connectivity index (χ3n) is 6.97. The van der Waals surface area contributed by atoms with Crippen LogP contribution in [0.2, 0.25) is 0 Å². The Kier molecular flexibility index (Phi) is 8.21. The number of hydrogen-bond donors (Lipinski definition) is 1. The number of nitro benzene ring substituents is 1. The Morgan fingerprint density at radius 3 is 2.79 bits per heavy atom. The quantitative estimate of drug-likeness (QED) is 0.0840. The van der Waals surface area contributed by atoms with Crippen LogP contribution < -0.4 is 15.6 Å². The molecule has 0 bridgehead atoms. The Bertz CT molecular complexity index is 1910. The summed E-state index contributed by atoms with van der Waals surface area (Å²) in [5.41, 5.74) is 3.29. The fourth-order valence-corrected chi connectivity index (χ4v) is 9.06. The van der Waals surface area contributed by atoms with Crippen molar-refractivity contribution in [3.8, 4) is 5.75 Å². The van der Waals surface area contributed by atoms with Gasteiger partial charge in [0.2, 0.25) is 5.91 Å². The van der Waals surface area contributed by atoms with Crippen molar-refractivity contribution in [1.82, 2.24) is 14.5 Å². The topological polar surface area (TPSA) is 129 Å². The average molecular weight is 640 g/mol. The molecule has 0 atom stereocenters. The van der Waals surface area contributed by atoms with Crippen molar-refractivity contribution in [3.05, 3.63) is 72.9 Å². The van der Waals surface area contributed by atoms with E-state index < -0.39 is 4.92 Å². The molecule has 6 rings (SSSR count). The molecule has 10 nitrogen and oxygen atoms in total. The number of aryl methyl sites for hydroxylation is 2. The maximum absolute atomic E-state index is 13.1. The van der Waals surface area contributed by atoms with Crippen LogP contribution in [0.1, 0.15) is 28.8 Å². The molecule has 0 saturated heterocycles. The number of anilines is 1. The van der Waals surface area contributed by atoms with Crippen LogP contribution in [0.3, 0.4) is 0 Å². The molecule has 216 valence electrons. The number of carbonyl (C=O) groups excluding carboxylic acids is 1. The molecule has 0 radical (unpaired) electrons. The Labute approximate surface area is 256 Å². The fourth-order valence-electron chi connectivity index (χ4n) is 4.90. The first-order chi connectivity index (χ1) is 20.3. The molecular weight excluding hydrogens is 615 g/mol. The first-order valence-corrected chi connectivity index (χ1v) is 16.7. The van der Waals surface area contributed by atoms with Crippen molar-refractivity contribution in [2.24, 2.45) is 7.05 Å². The summed E-state index contributed by atoms with van der Waals surface area (Å²) in [6.45, 7) is 0. The number of thiazole rings is 1. The third-order valence-corrected chi connectivity index (χ3v) is 11.4. The number of nitrogens with one attached hydrogen (secondary N) is 1. The summed E-state index contributed by atoms with van der Waals surface area (Å²) < 4.78 is 8.62. The number of amides is 1. The molecule has 1 aliphatic rings. The first-order valence-electron chi connectivity index (χ1n) is 13.1. The van der Waals surface area contributed by atoms with Crippen molar-refractivity contribution >= 4 is 83.9 Å². The number of ether oxygens (including phenoxy) is 1. The number of thiophene rings is 1. The van der Waals surface area contributed by atoms with Gasteiger partial charge in [-0.3, -0.25) is 24.3 Å². The van der Waals surface area contributed by atoms with Gasteiger partial charge in [0.25, 0.3) is 11.2 Å². The number of aromatic nitrogens is 3. The monoisotopic (exact) mass is 639 g/mol. The van der Waals surface area contributed by atoms with Crippen LogP contribution in [0, 0.1) is 10.1 Å². The summed E-state index contributed by atoms with van der Waals surface area (Å²) in [6.07, 6.45) is 4.17. The summed E-state index contributed by atoms with van der Waals surface area (Å²) in [5, 5.41) is 15.4. The molecular formula is C28H25N5O5S4. The van der Waals surface area contributed by atoms with Gasteiger partial charge in [0, 0.05) is 41.1 Å². The maximum Gasteiger partial charge on any atom is 0.270 e. The molecule has 2 aromatic carbocycles. The Hall–Kier alpha value is -3.46. The van der Waals surface area contributed by atoms with Crippen LogP contribution in [0.5, 0.6) is 5.75 Å². The lowest BCUT2D eigenvalue weighted by Gasteiger charge is -2.11. The summed E-state index contributed by atoms with van der Waals surface area (Å²) in [6, 6.07) is 10.1. The number of fused-ring (bicyclic) bond motifs is 4. The highest BCUT2D eigenvalue weighted by Gasteiger charge is 2.22. The fraction of sp³-hybridized carbons (Fsp3) is 0.286. The van der Waals surface area contributed by atoms with Crippen LogP contribution in [0.15, 0.2) is 50.7 Å². The van der Waals surface area contributed by atoms with Gasteiger partial charge >= 0.3 is 0 Å². The second kappa shape index (κ2) is 12.0. The minimum atomic E-state index is -0.425. The molecule has 1 N–H and O–H groups in total. The molecule has 42 heavy (non-hydrogen) atoms. The molecule has 0 saturated carbocycles. The summed E-state index contributed by atoms with van der Waals surface area (Å²) in [7, 11) is 3.25. The summed E-state index contributed by atoms with van der Waals surface area (Å²) in [5.74, 6) is 0.962. The summed E-state index contributed by atoms with van der Waals surface area (Å²) in [4.78, 5) is 48.1. The predicted octanol–water partition coefficient (Wildman–Crippen LogP) is 6.42. The second-order valence-electron chi connectivity index (χ2n) is 9.69. The molecule has 5 aromatic rings. The van der Waals surface area contributed by atoms with Gasteiger partial charge in [0.15, 0.2) is 9.50 Å². The van der Waals surface area contributed by atoms with E-state index in [4.69, 9.17) is 9.72 Å². The standard InChI is InChI=1S/C28H25N5O5S4/c1-32-26(35)24-18-5-3-4-6-21(18)41-25(24)31-27(32)39-14-23(34)29-16-7-9-19-22(12-16)42-28(30-19)40-13-15-11-17(33(36)37)8-10-20(15)38-2/h7-12H,3-6,13-14H2,1-2H3,(H,29,34). The highest BCUT2D eigenvalue weighted by atomic mass is 32.2. The number of carbonyl (C=O) groups is 1. The zero-order valence-electron chi connectivity index (χ0n) is 22.7. The van der Waals surface area contributed by atoms with Crippen molar-refractivity contribution in [1.29, 1.82) is 0 Å². The van der Waals surface area contributed by atoms with E-state index >= 15 is 0 Å². The predicted molar refractivity (Wildman–Crippen MR) is 170 cm³/mol. The molecule has 0 unspecified atom stereocenters. The number of rotatable bonds is 9. The van der Waals surface area contributed by atoms with Gasteiger partial charge in [-0.05, 0) is 55.5 Å². The summed E-state index contributed by atoms with van der Waals surface area (Å²) >= 11 is 5.80. The zero-order valence-corrected chi connectivity index (χ0v) is 25.9.